The third-order valence-electron chi connectivity index (χ3n) is 5.22. The van der Waals surface area contributed by atoms with Crippen molar-refractivity contribution in [1.82, 2.24) is 29.1 Å². The number of nitrogens with zero attached hydrogens (tertiary/aromatic N) is 6. The van der Waals surface area contributed by atoms with Crippen LogP contribution in [0.25, 0.3) is 16.9 Å². The van der Waals surface area contributed by atoms with Crippen LogP contribution in [0.4, 0.5) is 17.5 Å². The molecule has 8 nitrogen and oxygen atoms in total. The number of rotatable bonds is 7. The Balaban J connectivity index is 1.45. The van der Waals surface area contributed by atoms with Crippen LogP contribution in [0.1, 0.15) is 25.5 Å². The molecule has 3 heterocycles. The molecule has 0 aliphatic heterocycles. The second kappa shape index (κ2) is 8.50. The maximum Gasteiger partial charge on any atom is 0.210 e. The van der Waals surface area contributed by atoms with E-state index >= 15 is 0 Å². The lowest BCUT2D eigenvalue weighted by Crippen LogP contribution is -2.07. The van der Waals surface area contributed by atoms with Crippen LogP contribution in [0, 0.1) is 0 Å². The summed E-state index contributed by atoms with van der Waals surface area (Å²) in [6.45, 7) is 4.90. The molecule has 2 N–H and O–H groups in total. The maximum absolute atomic E-state index is 4.86. The van der Waals surface area contributed by atoms with Crippen molar-refractivity contribution in [2.24, 2.45) is 0 Å². The largest absolute Gasteiger partial charge is 0.364 e. The van der Waals surface area contributed by atoms with Crippen LogP contribution in [-0.2, 0) is 6.54 Å². The Morgan fingerprint density at radius 1 is 0.969 bits per heavy atom. The van der Waals surface area contributed by atoms with Gasteiger partial charge in [0.25, 0.3) is 0 Å². The Morgan fingerprint density at radius 2 is 1.78 bits per heavy atom. The first-order chi connectivity index (χ1) is 15.7. The third kappa shape index (κ3) is 3.90. The van der Waals surface area contributed by atoms with Gasteiger partial charge in [-0.25, -0.2) is 19.9 Å². The molecule has 0 radical (unpaired) electrons. The molecule has 0 aliphatic carbocycles. The van der Waals surface area contributed by atoms with E-state index in [2.05, 4.69) is 56.1 Å². The van der Waals surface area contributed by atoms with E-state index < -0.39 is 0 Å². The van der Waals surface area contributed by atoms with Gasteiger partial charge in [0.05, 0.1) is 6.33 Å². The van der Waals surface area contributed by atoms with Crippen LogP contribution in [0.15, 0.2) is 79.6 Å². The molecule has 0 atom stereocenters. The Labute approximate surface area is 186 Å². The maximum atomic E-state index is 4.86. The van der Waals surface area contributed by atoms with Gasteiger partial charge in [-0.15, -0.1) is 0 Å². The number of anilines is 3. The lowest BCUT2D eigenvalue weighted by Gasteiger charge is -2.14. The summed E-state index contributed by atoms with van der Waals surface area (Å²) in [4.78, 5) is 17.9. The SMILES string of the molecule is CC(C)n1c(Nc2ccc(-n3ccnc3)cc2)nc2c(NCc3ccccc3)ncnc21. The second-order valence-electron chi connectivity index (χ2n) is 7.77. The first kappa shape index (κ1) is 19.7. The van der Waals surface area contributed by atoms with E-state index in [1.807, 2.05) is 53.2 Å². The molecule has 0 saturated carbocycles. The van der Waals surface area contributed by atoms with E-state index in [1.54, 1.807) is 18.9 Å². The number of imidazole rings is 2. The normalized spacial score (nSPS) is 11.2. The van der Waals surface area contributed by atoms with Gasteiger partial charge in [-0.2, -0.15) is 0 Å². The van der Waals surface area contributed by atoms with Gasteiger partial charge < -0.3 is 15.2 Å². The molecule has 0 spiro atoms. The molecule has 0 fully saturated rings. The molecule has 0 aliphatic rings. The lowest BCUT2D eigenvalue weighted by atomic mass is 10.2. The zero-order valence-corrected chi connectivity index (χ0v) is 18.0. The molecule has 0 amide bonds. The molecule has 0 saturated heterocycles. The minimum atomic E-state index is 0.171. The number of fused-ring (bicyclic) bond motifs is 1. The average Bonchev–Trinajstić information content (AvgIpc) is 3.47. The first-order valence-electron chi connectivity index (χ1n) is 10.5. The summed E-state index contributed by atoms with van der Waals surface area (Å²) in [5.74, 6) is 1.45. The summed E-state index contributed by atoms with van der Waals surface area (Å²) in [5.41, 5.74) is 4.71. The van der Waals surface area contributed by atoms with Crippen LogP contribution in [0.3, 0.4) is 0 Å². The molecule has 5 rings (SSSR count). The fourth-order valence-corrected chi connectivity index (χ4v) is 3.65. The van der Waals surface area contributed by atoms with Crippen molar-refractivity contribution in [2.75, 3.05) is 10.6 Å². The van der Waals surface area contributed by atoms with Crippen LogP contribution < -0.4 is 10.6 Å². The molecule has 3 aromatic heterocycles. The molecule has 0 unspecified atom stereocenters. The van der Waals surface area contributed by atoms with E-state index in [-0.39, 0.29) is 6.04 Å². The zero-order valence-electron chi connectivity index (χ0n) is 18.0. The smallest absolute Gasteiger partial charge is 0.210 e. The summed E-state index contributed by atoms with van der Waals surface area (Å²) < 4.78 is 4.06. The Morgan fingerprint density at radius 3 is 2.50 bits per heavy atom. The van der Waals surface area contributed by atoms with Crippen molar-refractivity contribution in [3.8, 4) is 5.69 Å². The molecular formula is C24H24N8. The van der Waals surface area contributed by atoms with E-state index in [0.717, 1.165) is 34.3 Å². The van der Waals surface area contributed by atoms with Gasteiger partial charge in [0, 0.05) is 36.4 Å². The standard InChI is InChI=1S/C24H24N8/c1-17(2)32-23-21(22(27-15-28-23)26-14-18-6-4-3-5-7-18)30-24(32)29-19-8-10-20(11-9-19)31-13-12-25-16-31/h3-13,15-17H,14H2,1-2H3,(H,29,30)(H,26,27,28). The topological polar surface area (TPSA) is 85.5 Å². The number of benzene rings is 2. The minimum Gasteiger partial charge on any atom is -0.364 e. The van der Waals surface area contributed by atoms with Crippen molar-refractivity contribution >= 4 is 28.6 Å². The van der Waals surface area contributed by atoms with Gasteiger partial charge in [-0.3, -0.25) is 4.57 Å². The minimum absolute atomic E-state index is 0.171. The van der Waals surface area contributed by atoms with E-state index in [4.69, 9.17) is 4.98 Å². The number of nitrogens with one attached hydrogen (secondary N) is 2. The van der Waals surface area contributed by atoms with Gasteiger partial charge in [0.15, 0.2) is 17.0 Å². The summed E-state index contributed by atoms with van der Waals surface area (Å²) in [7, 11) is 0. The summed E-state index contributed by atoms with van der Waals surface area (Å²) in [6.07, 6.45) is 7.05. The highest BCUT2D eigenvalue weighted by atomic mass is 15.3. The lowest BCUT2D eigenvalue weighted by molar-refractivity contribution is 0.620. The van der Waals surface area contributed by atoms with Gasteiger partial charge in [-0.1, -0.05) is 30.3 Å². The molecule has 8 heteroatoms. The first-order valence-corrected chi connectivity index (χ1v) is 10.5. The van der Waals surface area contributed by atoms with E-state index in [9.17, 15) is 0 Å². The predicted octanol–water partition coefficient (Wildman–Crippen LogP) is 4.95. The highest BCUT2D eigenvalue weighted by Crippen LogP contribution is 2.29. The third-order valence-corrected chi connectivity index (χ3v) is 5.22. The average molecular weight is 425 g/mol. The van der Waals surface area contributed by atoms with Crippen LogP contribution in [0.2, 0.25) is 0 Å². The van der Waals surface area contributed by atoms with Crippen molar-refractivity contribution in [1.29, 1.82) is 0 Å². The van der Waals surface area contributed by atoms with Gasteiger partial charge in [0.2, 0.25) is 5.95 Å². The van der Waals surface area contributed by atoms with Crippen LogP contribution in [0.5, 0.6) is 0 Å². The summed E-state index contributed by atoms with van der Waals surface area (Å²) in [5, 5.41) is 6.86. The highest BCUT2D eigenvalue weighted by Gasteiger charge is 2.18. The van der Waals surface area contributed by atoms with Crippen LogP contribution >= 0.6 is 0 Å². The van der Waals surface area contributed by atoms with E-state index in [0.29, 0.717) is 6.54 Å². The number of aromatic nitrogens is 6. The molecule has 2 aromatic carbocycles. The second-order valence-corrected chi connectivity index (χ2v) is 7.77. The van der Waals surface area contributed by atoms with Crippen molar-refractivity contribution in [3.05, 3.63) is 85.2 Å². The Kier molecular flexibility index (Phi) is 5.25. The predicted molar refractivity (Wildman–Crippen MR) is 126 cm³/mol. The summed E-state index contributed by atoms with van der Waals surface area (Å²) >= 11 is 0. The molecular weight excluding hydrogens is 400 g/mol. The van der Waals surface area contributed by atoms with Crippen molar-refractivity contribution < 1.29 is 0 Å². The highest BCUT2D eigenvalue weighted by molar-refractivity contribution is 5.86. The molecule has 160 valence electrons. The number of hydrogen-bond donors (Lipinski definition) is 2. The molecule has 5 aromatic rings. The van der Waals surface area contributed by atoms with Gasteiger partial charge in [0.1, 0.15) is 6.33 Å². The molecule has 0 bridgehead atoms. The van der Waals surface area contributed by atoms with Crippen LogP contribution in [-0.4, -0.2) is 29.1 Å². The zero-order chi connectivity index (χ0) is 21.9. The summed E-state index contributed by atoms with van der Waals surface area (Å²) in [6, 6.07) is 18.5. The van der Waals surface area contributed by atoms with Crippen molar-refractivity contribution in [2.45, 2.75) is 26.4 Å². The van der Waals surface area contributed by atoms with Gasteiger partial charge in [-0.05, 0) is 43.7 Å². The monoisotopic (exact) mass is 424 g/mol. The Bertz CT molecular complexity index is 1310. The fourth-order valence-electron chi connectivity index (χ4n) is 3.65. The number of hydrogen-bond acceptors (Lipinski definition) is 6. The quantitative estimate of drug-likeness (QED) is 0.385. The Hall–Kier alpha value is -4.20. The fraction of sp³-hybridized carbons (Fsp3) is 0.167. The van der Waals surface area contributed by atoms with Gasteiger partial charge >= 0.3 is 0 Å². The van der Waals surface area contributed by atoms with E-state index in [1.165, 1.54) is 5.56 Å². The van der Waals surface area contributed by atoms with Crippen molar-refractivity contribution in [3.63, 3.8) is 0 Å². The molecule has 32 heavy (non-hydrogen) atoms.